The van der Waals surface area contributed by atoms with Crippen LogP contribution in [-0.2, 0) is 9.53 Å². The average molecular weight is 338 g/mol. The second-order valence-electron chi connectivity index (χ2n) is 6.35. The molecule has 0 spiro atoms. The summed E-state index contributed by atoms with van der Waals surface area (Å²) in [5.41, 5.74) is 0.715. The number of thiazole rings is 1. The van der Waals surface area contributed by atoms with Crippen LogP contribution < -0.4 is 0 Å². The number of aryl methyl sites for hydroxylation is 1. The van der Waals surface area contributed by atoms with Crippen LogP contribution in [0.25, 0.3) is 0 Å². The van der Waals surface area contributed by atoms with E-state index in [0.717, 1.165) is 17.8 Å². The Bertz CT molecular complexity index is 609. The summed E-state index contributed by atoms with van der Waals surface area (Å²) in [6, 6.07) is -0.816. The zero-order valence-electron chi connectivity index (χ0n) is 13.4. The highest BCUT2D eigenvalue weighted by Crippen LogP contribution is 2.37. The third-order valence-corrected chi connectivity index (χ3v) is 6.16. The minimum Gasteiger partial charge on any atom is -0.480 e. The second-order valence-corrected chi connectivity index (χ2v) is 7.38. The Morgan fingerprint density at radius 3 is 2.65 bits per heavy atom. The fourth-order valence-electron chi connectivity index (χ4n) is 3.52. The molecule has 1 amide bonds. The van der Waals surface area contributed by atoms with Crippen molar-refractivity contribution in [2.24, 2.45) is 0 Å². The van der Waals surface area contributed by atoms with Crippen LogP contribution in [0.15, 0.2) is 0 Å². The lowest BCUT2D eigenvalue weighted by Crippen LogP contribution is -2.40. The standard InChI is InChI=1S/C16H22N2O4S/c1-9-13(23-14(17-9)10-5-3-4-6-10)15(19)18-8-11(22-2)7-12(18)16(20)21/h10-12H,3-8H2,1-2H3,(H,20,21). The van der Waals surface area contributed by atoms with E-state index in [-0.39, 0.29) is 12.0 Å². The lowest BCUT2D eigenvalue weighted by molar-refractivity contribution is -0.141. The van der Waals surface area contributed by atoms with Crippen molar-refractivity contribution in [2.45, 2.75) is 57.1 Å². The van der Waals surface area contributed by atoms with E-state index < -0.39 is 12.0 Å². The summed E-state index contributed by atoms with van der Waals surface area (Å²) in [4.78, 5) is 30.9. The lowest BCUT2D eigenvalue weighted by Gasteiger charge is -2.20. The zero-order chi connectivity index (χ0) is 16.6. The second kappa shape index (κ2) is 6.57. The molecule has 1 saturated carbocycles. The van der Waals surface area contributed by atoms with Gasteiger partial charge in [0.2, 0.25) is 0 Å². The summed E-state index contributed by atoms with van der Waals surface area (Å²) in [6.07, 6.45) is 4.82. The molecule has 7 heteroatoms. The molecule has 126 valence electrons. The number of nitrogens with zero attached hydrogens (tertiary/aromatic N) is 2. The predicted molar refractivity (Wildman–Crippen MR) is 85.9 cm³/mol. The minimum atomic E-state index is -0.976. The number of ether oxygens (including phenoxy) is 1. The third kappa shape index (κ3) is 3.12. The van der Waals surface area contributed by atoms with Crippen LogP contribution in [0.1, 0.15) is 58.4 Å². The summed E-state index contributed by atoms with van der Waals surface area (Å²) in [5.74, 6) is -0.742. The van der Waals surface area contributed by atoms with Crippen LogP contribution in [-0.4, -0.2) is 52.7 Å². The van der Waals surface area contributed by atoms with Crippen molar-refractivity contribution in [3.63, 3.8) is 0 Å². The summed E-state index contributed by atoms with van der Waals surface area (Å²) in [5, 5.41) is 10.4. The summed E-state index contributed by atoms with van der Waals surface area (Å²) < 4.78 is 5.26. The quantitative estimate of drug-likeness (QED) is 0.912. The molecule has 2 aliphatic rings. The first kappa shape index (κ1) is 16.4. The molecular weight excluding hydrogens is 316 g/mol. The van der Waals surface area contributed by atoms with Crippen LogP contribution >= 0.6 is 11.3 Å². The molecule has 0 bridgehead atoms. The number of hydrogen-bond donors (Lipinski definition) is 1. The maximum Gasteiger partial charge on any atom is 0.326 e. The minimum absolute atomic E-state index is 0.220. The van der Waals surface area contributed by atoms with Gasteiger partial charge in [0.05, 0.1) is 16.8 Å². The van der Waals surface area contributed by atoms with Crippen molar-refractivity contribution in [1.29, 1.82) is 0 Å². The van der Waals surface area contributed by atoms with Crippen molar-refractivity contribution in [2.75, 3.05) is 13.7 Å². The van der Waals surface area contributed by atoms with Gasteiger partial charge in [0, 0.05) is 26.0 Å². The van der Waals surface area contributed by atoms with Crippen LogP contribution in [0.3, 0.4) is 0 Å². The van der Waals surface area contributed by atoms with Crippen LogP contribution in [0.4, 0.5) is 0 Å². The van der Waals surface area contributed by atoms with E-state index in [9.17, 15) is 14.7 Å². The van der Waals surface area contributed by atoms with Crippen molar-refractivity contribution in [1.82, 2.24) is 9.88 Å². The number of carbonyl (C=O) groups is 2. The monoisotopic (exact) mass is 338 g/mol. The van der Waals surface area contributed by atoms with Crippen molar-refractivity contribution in [3.05, 3.63) is 15.6 Å². The molecule has 2 atom stereocenters. The molecule has 3 rings (SSSR count). The van der Waals surface area contributed by atoms with Gasteiger partial charge in [-0.1, -0.05) is 12.8 Å². The zero-order valence-corrected chi connectivity index (χ0v) is 14.3. The molecule has 6 nitrogen and oxygen atoms in total. The summed E-state index contributed by atoms with van der Waals surface area (Å²) >= 11 is 1.44. The van der Waals surface area contributed by atoms with Gasteiger partial charge in [-0.05, 0) is 19.8 Å². The molecule has 2 unspecified atom stereocenters. The van der Waals surface area contributed by atoms with E-state index in [1.165, 1.54) is 29.1 Å². The number of rotatable bonds is 4. The van der Waals surface area contributed by atoms with Gasteiger partial charge in [-0.2, -0.15) is 0 Å². The smallest absolute Gasteiger partial charge is 0.326 e. The number of carbonyl (C=O) groups excluding carboxylic acids is 1. The molecule has 2 fully saturated rings. The molecular formula is C16H22N2O4S. The normalized spacial score (nSPS) is 25.2. The first-order valence-electron chi connectivity index (χ1n) is 8.05. The molecule has 2 heterocycles. The van der Waals surface area contributed by atoms with Crippen LogP contribution in [0, 0.1) is 6.92 Å². The SMILES string of the molecule is COC1CC(C(=O)O)N(C(=O)c2sc(C3CCCC3)nc2C)C1. The highest BCUT2D eigenvalue weighted by Gasteiger charge is 2.41. The number of amides is 1. The van der Waals surface area contributed by atoms with Crippen LogP contribution in [0.2, 0.25) is 0 Å². The van der Waals surface area contributed by atoms with E-state index >= 15 is 0 Å². The van der Waals surface area contributed by atoms with E-state index in [1.54, 1.807) is 7.11 Å². The number of methoxy groups -OCH3 is 1. The van der Waals surface area contributed by atoms with E-state index in [1.807, 2.05) is 6.92 Å². The Hall–Kier alpha value is -1.47. The first-order chi connectivity index (χ1) is 11.0. The summed E-state index contributed by atoms with van der Waals surface area (Å²) in [7, 11) is 1.55. The van der Waals surface area contributed by atoms with Crippen molar-refractivity contribution < 1.29 is 19.4 Å². The van der Waals surface area contributed by atoms with Gasteiger partial charge in [-0.25, -0.2) is 9.78 Å². The Labute approximate surface area is 139 Å². The number of aliphatic carboxylic acids is 1. The Kier molecular flexibility index (Phi) is 4.68. The molecule has 0 aromatic carbocycles. The van der Waals surface area contributed by atoms with E-state index in [2.05, 4.69) is 4.98 Å². The average Bonchev–Trinajstić information content (AvgIpc) is 3.25. The molecule has 1 aromatic heterocycles. The van der Waals surface area contributed by atoms with Gasteiger partial charge in [0.1, 0.15) is 10.9 Å². The van der Waals surface area contributed by atoms with Gasteiger partial charge >= 0.3 is 5.97 Å². The highest BCUT2D eigenvalue weighted by atomic mass is 32.1. The molecule has 1 aliphatic heterocycles. The molecule has 1 aliphatic carbocycles. The molecule has 23 heavy (non-hydrogen) atoms. The largest absolute Gasteiger partial charge is 0.480 e. The highest BCUT2D eigenvalue weighted by molar-refractivity contribution is 7.13. The number of likely N-dealkylation sites (tertiary alicyclic amines) is 1. The number of hydrogen-bond acceptors (Lipinski definition) is 5. The topological polar surface area (TPSA) is 79.7 Å². The van der Waals surface area contributed by atoms with E-state index in [4.69, 9.17) is 4.74 Å². The third-order valence-electron chi connectivity index (χ3n) is 4.85. The first-order valence-corrected chi connectivity index (χ1v) is 8.86. The fraction of sp³-hybridized carbons (Fsp3) is 0.688. The van der Waals surface area contributed by atoms with Gasteiger partial charge in [-0.15, -0.1) is 11.3 Å². The lowest BCUT2D eigenvalue weighted by atomic mass is 10.1. The maximum absolute atomic E-state index is 12.8. The summed E-state index contributed by atoms with van der Waals surface area (Å²) in [6.45, 7) is 2.16. The molecule has 0 radical (unpaired) electrons. The Morgan fingerprint density at radius 2 is 2.04 bits per heavy atom. The Morgan fingerprint density at radius 1 is 1.35 bits per heavy atom. The van der Waals surface area contributed by atoms with Crippen molar-refractivity contribution >= 4 is 23.2 Å². The maximum atomic E-state index is 12.8. The molecule has 1 saturated heterocycles. The van der Waals surface area contributed by atoms with Gasteiger partial charge in [0.15, 0.2) is 0 Å². The Balaban J connectivity index is 1.83. The number of carboxylic acid groups (broad SMARTS) is 1. The van der Waals surface area contributed by atoms with Gasteiger partial charge < -0.3 is 14.7 Å². The van der Waals surface area contributed by atoms with E-state index in [0.29, 0.717) is 29.5 Å². The molecule has 1 aromatic rings. The van der Waals surface area contributed by atoms with Crippen molar-refractivity contribution in [3.8, 4) is 0 Å². The number of aromatic nitrogens is 1. The number of carboxylic acids is 1. The predicted octanol–water partition coefficient (Wildman–Crippen LogP) is 2.42. The van der Waals surface area contributed by atoms with Gasteiger partial charge in [0.25, 0.3) is 5.91 Å². The fourth-order valence-corrected chi connectivity index (χ4v) is 4.71. The van der Waals surface area contributed by atoms with Crippen LogP contribution in [0.5, 0.6) is 0 Å². The van der Waals surface area contributed by atoms with Gasteiger partial charge in [-0.3, -0.25) is 4.79 Å². The molecule has 1 N–H and O–H groups in total.